The summed E-state index contributed by atoms with van der Waals surface area (Å²) in [5.41, 5.74) is 3.61. The van der Waals surface area contributed by atoms with Gasteiger partial charge in [0.2, 0.25) is 0 Å². The zero-order valence-electron chi connectivity index (χ0n) is 8.97. The van der Waals surface area contributed by atoms with E-state index in [-0.39, 0.29) is 0 Å². The maximum absolute atomic E-state index is 4.52. The molecule has 2 heteroatoms. The zero-order valence-corrected chi connectivity index (χ0v) is 9.79. The Morgan fingerprint density at radius 3 is 2.81 bits per heavy atom. The predicted molar refractivity (Wildman–Crippen MR) is 69.8 cm³/mol. The zero-order chi connectivity index (χ0) is 11.0. The molecule has 16 heavy (non-hydrogen) atoms. The van der Waals surface area contributed by atoms with Gasteiger partial charge in [0.25, 0.3) is 0 Å². The summed E-state index contributed by atoms with van der Waals surface area (Å²) in [4.78, 5) is 4.52. The minimum Gasteiger partial charge on any atom is -0.255 e. The summed E-state index contributed by atoms with van der Waals surface area (Å²) in [5.74, 6) is 0. The van der Waals surface area contributed by atoms with Crippen LogP contribution in [0.2, 0.25) is 0 Å². The van der Waals surface area contributed by atoms with Crippen LogP contribution in [0.25, 0.3) is 21.3 Å². The summed E-state index contributed by atoms with van der Waals surface area (Å²) in [6, 6.07) is 12.6. The smallest absolute Gasteiger partial charge is 0.0882 e. The minimum atomic E-state index is 1.10. The number of hydrogen-bond acceptors (Lipinski definition) is 2. The average molecular weight is 225 g/mol. The summed E-state index contributed by atoms with van der Waals surface area (Å²) in [6.07, 6.45) is 1.89. The lowest BCUT2D eigenvalue weighted by molar-refractivity contribution is 1.34. The molecular weight excluding hydrogens is 214 g/mol. The summed E-state index contributed by atoms with van der Waals surface area (Å²) in [7, 11) is 0. The van der Waals surface area contributed by atoms with E-state index >= 15 is 0 Å². The first-order chi connectivity index (χ1) is 7.86. The Hall–Kier alpha value is -1.67. The molecule has 1 nitrogen and oxygen atoms in total. The first-order valence-corrected chi connectivity index (χ1v) is 6.12. The second-order valence-corrected chi connectivity index (χ2v) is 4.73. The Morgan fingerprint density at radius 1 is 1.06 bits per heavy atom. The molecule has 0 aliphatic heterocycles. The molecule has 1 aromatic carbocycles. The Labute approximate surface area is 98.4 Å². The van der Waals surface area contributed by atoms with Crippen LogP contribution < -0.4 is 0 Å². The van der Waals surface area contributed by atoms with Crippen molar-refractivity contribution in [2.45, 2.75) is 6.92 Å². The van der Waals surface area contributed by atoms with Crippen LogP contribution >= 0.6 is 11.3 Å². The SMILES string of the molecule is Cc1ccccc1-c1nccc2ccsc12. The fourth-order valence-corrected chi connectivity index (χ4v) is 2.82. The van der Waals surface area contributed by atoms with Crippen molar-refractivity contribution in [3.05, 3.63) is 53.5 Å². The van der Waals surface area contributed by atoms with E-state index in [9.17, 15) is 0 Å². The number of hydrogen-bond donors (Lipinski definition) is 0. The molecule has 2 heterocycles. The highest BCUT2D eigenvalue weighted by molar-refractivity contribution is 7.17. The molecule has 0 amide bonds. The molecule has 0 N–H and O–H groups in total. The van der Waals surface area contributed by atoms with E-state index in [1.807, 2.05) is 6.20 Å². The number of thiophene rings is 1. The van der Waals surface area contributed by atoms with E-state index in [2.05, 4.69) is 53.7 Å². The van der Waals surface area contributed by atoms with Crippen LogP contribution in [0.15, 0.2) is 48.0 Å². The van der Waals surface area contributed by atoms with Gasteiger partial charge in [-0.3, -0.25) is 4.98 Å². The molecule has 0 radical (unpaired) electrons. The number of nitrogens with zero attached hydrogens (tertiary/aromatic N) is 1. The monoisotopic (exact) mass is 225 g/mol. The minimum absolute atomic E-state index is 1.10. The van der Waals surface area contributed by atoms with E-state index < -0.39 is 0 Å². The van der Waals surface area contributed by atoms with Gasteiger partial charge in [0.05, 0.1) is 10.4 Å². The Balaban J connectivity index is 2.34. The first-order valence-electron chi connectivity index (χ1n) is 5.24. The van der Waals surface area contributed by atoms with Gasteiger partial charge in [-0.05, 0) is 35.4 Å². The lowest BCUT2D eigenvalue weighted by atomic mass is 10.0. The van der Waals surface area contributed by atoms with Crippen molar-refractivity contribution in [1.29, 1.82) is 0 Å². The normalized spacial score (nSPS) is 10.8. The van der Waals surface area contributed by atoms with E-state index in [0.29, 0.717) is 0 Å². The molecule has 0 aliphatic rings. The van der Waals surface area contributed by atoms with Crippen LogP contribution in [0.1, 0.15) is 5.56 Å². The molecule has 3 rings (SSSR count). The lowest BCUT2D eigenvalue weighted by Gasteiger charge is -2.05. The Morgan fingerprint density at radius 2 is 1.94 bits per heavy atom. The molecular formula is C14H11NS. The average Bonchev–Trinajstić information content (AvgIpc) is 2.77. The molecule has 0 atom stereocenters. The van der Waals surface area contributed by atoms with Crippen molar-refractivity contribution in [3.63, 3.8) is 0 Å². The van der Waals surface area contributed by atoms with Gasteiger partial charge in [0, 0.05) is 11.8 Å². The highest BCUT2D eigenvalue weighted by atomic mass is 32.1. The highest BCUT2D eigenvalue weighted by Gasteiger charge is 2.07. The van der Waals surface area contributed by atoms with Gasteiger partial charge in [0.15, 0.2) is 0 Å². The van der Waals surface area contributed by atoms with Crippen LogP contribution in [0, 0.1) is 6.92 Å². The third-order valence-electron chi connectivity index (χ3n) is 2.77. The maximum atomic E-state index is 4.52. The molecule has 0 bridgehead atoms. The quantitative estimate of drug-likeness (QED) is 0.602. The molecule has 0 saturated carbocycles. The summed E-state index contributed by atoms with van der Waals surface area (Å²) in [5, 5.41) is 3.40. The number of fused-ring (bicyclic) bond motifs is 1. The van der Waals surface area contributed by atoms with Crippen molar-refractivity contribution < 1.29 is 0 Å². The molecule has 78 valence electrons. The van der Waals surface area contributed by atoms with Gasteiger partial charge in [-0.15, -0.1) is 11.3 Å². The lowest BCUT2D eigenvalue weighted by Crippen LogP contribution is -1.86. The van der Waals surface area contributed by atoms with E-state index in [0.717, 1.165) is 5.69 Å². The third kappa shape index (κ3) is 1.42. The standard InChI is InChI=1S/C14H11NS/c1-10-4-2-3-5-12(10)13-14-11(6-8-15-13)7-9-16-14/h2-9H,1H3. The number of pyridine rings is 1. The van der Waals surface area contributed by atoms with E-state index in [1.54, 1.807) is 11.3 Å². The Bertz CT molecular complexity index is 640. The van der Waals surface area contributed by atoms with Gasteiger partial charge >= 0.3 is 0 Å². The molecule has 0 unspecified atom stereocenters. The van der Waals surface area contributed by atoms with E-state index in [1.165, 1.54) is 21.2 Å². The van der Waals surface area contributed by atoms with Gasteiger partial charge in [-0.25, -0.2) is 0 Å². The fraction of sp³-hybridized carbons (Fsp3) is 0.0714. The largest absolute Gasteiger partial charge is 0.255 e. The number of aryl methyl sites for hydroxylation is 1. The second-order valence-electron chi connectivity index (χ2n) is 3.81. The molecule has 2 aromatic heterocycles. The van der Waals surface area contributed by atoms with E-state index in [4.69, 9.17) is 0 Å². The highest BCUT2D eigenvalue weighted by Crippen LogP contribution is 2.31. The van der Waals surface area contributed by atoms with Gasteiger partial charge in [-0.2, -0.15) is 0 Å². The second kappa shape index (κ2) is 3.72. The van der Waals surface area contributed by atoms with Crippen molar-refractivity contribution in [2.24, 2.45) is 0 Å². The predicted octanol–water partition coefficient (Wildman–Crippen LogP) is 4.27. The summed E-state index contributed by atoms with van der Waals surface area (Å²) >= 11 is 1.75. The van der Waals surface area contributed by atoms with Gasteiger partial charge < -0.3 is 0 Å². The van der Waals surface area contributed by atoms with Crippen molar-refractivity contribution in [1.82, 2.24) is 4.98 Å². The van der Waals surface area contributed by atoms with Gasteiger partial charge in [-0.1, -0.05) is 24.3 Å². The topological polar surface area (TPSA) is 12.9 Å². The molecule has 3 aromatic rings. The van der Waals surface area contributed by atoms with Crippen LogP contribution in [0.4, 0.5) is 0 Å². The van der Waals surface area contributed by atoms with Crippen molar-refractivity contribution >= 4 is 21.4 Å². The first kappa shape index (κ1) is 9.55. The Kier molecular flexibility index (Phi) is 2.22. The molecule has 0 spiro atoms. The van der Waals surface area contributed by atoms with Crippen LogP contribution in [-0.4, -0.2) is 4.98 Å². The summed E-state index contributed by atoms with van der Waals surface area (Å²) < 4.78 is 1.27. The van der Waals surface area contributed by atoms with Crippen LogP contribution in [0.5, 0.6) is 0 Å². The maximum Gasteiger partial charge on any atom is 0.0882 e. The number of rotatable bonds is 1. The number of aromatic nitrogens is 1. The number of benzene rings is 1. The summed E-state index contributed by atoms with van der Waals surface area (Å²) in [6.45, 7) is 2.13. The molecule has 0 fully saturated rings. The van der Waals surface area contributed by atoms with Crippen molar-refractivity contribution in [3.8, 4) is 11.3 Å². The molecule has 0 saturated heterocycles. The van der Waals surface area contributed by atoms with Crippen molar-refractivity contribution in [2.75, 3.05) is 0 Å². The fourth-order valence-electron chi connectivity index (χ4n) is 1.92. The van der Waals surface area contributed by atoms with Gasteiger partial charge in [0.1, 0.15) is 0 Å². The van der Waals surface area contributed by atoms with Crippen LogP contribution in [-0.2, 0) is 0 Å². The molecule has 0 aliphatic carbocycles. The van der Waals surface area contributed by atoms with Crippen LogP contribution in [0.3, 0.4) is 0 Å². The third-order valence-corrected chi connectivity index (χ3v) is 3.71.